The number of para-hydroxylation sites is 1. The van der Waals surface area contributed by atoms with E-state index in [1.165, 1.54) is 81.1 Å². The smallest absolute Gasteiger partial charge is 0.229 e. The molecule has 0 aliphatic carbocycles. The molecule has 4 fully saturated rings. The van der Waals surface area contributed by atoms with Crippen LogP contribution >= 0.6 is 50.9 Å². The molecular weight excluding hydrogens is 784 g/mol. The number of benzene rings is 1. The van der Waals surface area contributed by atoms with Gasteiger partial charge >= 0.3 is 0 Å². The lowest BCUT2D eigenvalue weighted by molar-refractivity contribution is 0.0265. The van der Waals surface area contributed by atoms with Crippen LogP contribution < -0.4 is 14.7 Å². The molecule has 9 rings (SSSR count). The molecule has 0 radical (unpaired) electrons. The van der Waals surface area contributed by atoms with Crippen molar-refractivity contribution in [2.24, 2.45) is 5.41 Å². The van der Waals surface area contributed by atoms with Gasteiger partial charge in [-0.25, -0.2) is 0 Å². The number of nitrogens with zero attached hydrogens (tertiary/aromatic N) is 8. The Balaban J connectivity index is 0.00000129. The molecule has 6 aliphatic heterocycles. The zero-order valence-electron chi connectivity index (χ0n) is 27.8. The van der Waals surface area contributed by atoms with Crippen molar-refractivity contribution in [3.63, 3.8) is 0 Å². The summed E-state index contributed by atoms with van der Waals surface area (Å²) in [6.45, 7) is 14.5. The summed E-state index contributed by atoms with van der Waals surface area (Å²) in [6.07, 6.45) is 12.8. The van der Waals surface area contributed by atoms with Gasteiger partial charge in [-0.2, -0.15) is 9.97 Å². The Kier molecular flexibility index (Phi) is 10.7. The molecule has 6 aliphatic rings. The van der Waals surface area contributed by atoms with Gasteiger partial charge in [-0.1, -0.05) is 31.2 Å². The predicted octanol–water partition coefficient (Wildman–Crippen LogP) is 7.13. The number of piperidine rings is 1. The van der Waals surface area contributed by atoms with Crippen molar-refractivity contribution in [2.45, 2.75) is 64.3 Å². The molecule has 0 saturated carbocycles. The van der Waals surface area contributed by atoms with Crippen molar-refractivity contribution in [3.8, 4) is 0 Å². The number of hydrogen-bond acceptors (Lipinski definition) is 7. The molecule has 4 saturated heterocycles. The number of rotatable bonds is 6. The van der Waals surface area contributed by atoms with Gasteiger partial charge in [0.2, 0.25) is 5.95 Å². The lowest BCUT2D eigenvalue weighted by atomic mass is 9.66. The Morgan fingerprint density at radius 2 is 1.40 bits per heavy atom. The van der Waals surface area contributed by atoms with Crippen LogP contribution in [0.2, 0.25) is 0 Å². The van der Waals surface area contributed by atoms with Crippen LogP contribution in [0.1, 0.15) is 69.2 Å². The average molecular weight is 836 g/mol. The average Bonchev–Trinajstić information content (AvgIpc) is 3.86. The number of fused-ring (bicyclic) bond motifs is 3. The van der Waals surface area contributed by atoms with Gasteiger partial charge in [-0.3, -0.25) is 9.80 Å². The summed E-state index contributed by atoms with van der Waals surface area (Å²) in [6, 6.07) is 12.0. The van der Waals surface area contributed by atoms with E-state index in [4.69, 9.17) is 9.97 Å². The van der Waals surface area contributed by atoms with Crippen LogP contribution in [0.3, 0.4) is 0 Å². The van der Waals surface area contributed by atoms with E-state index in [1.807, 2.05) is 0 Å². The largest absolute Gasteiger partial charge is 0.356 e. The third kappa shape index (κ3) is 5.97. The lowest BCUT2D eigenvalue weighted by Gasteiger charge is -2.54. The lowest BCUT2D eigenvalue weighted by Crippen LogP contribution is -2.52. The second kappa shape index (κ2) is 14.3. The van der Waals surface area contributed by atoms with E-state index in [9.17, 15) is 0 Å². The SMILES string of the molecule is Br.Br.Br.CC[C@@]12C=C(CN3CCN(c4cc(N5CCCC5)nc(N5CCCC5)n4)CC3)n3c4c(c5ccccc53)CCN(CCC1)[C@H]42. The fourth-order valence-electron chi connectivity index (χ4n) is 9.61. The summed E-state index contributed by atoms with van der Waals surface area (Å²) >= 11 is 0. The number of anilines is 3. The Morgan fingerprint density at radius 1 is 0.745 bits per heavy atom. The molecule has 2 aromatic heterocycles. The minimum absolute atomic E-state index is 0. The Hall–Kier alpha value is -1.66. The van der Waals surface area contributed by atoms with E-state index in [-0.39, 0.29) is 56.4 Å². The summed E-state index contributed by atoms with van der Waals surface area (Å²) < 4.78 is 2.71. The zero-order chi connectivity index (χ0) is 29.3. The van der Waals surface area contributed by atoms with Gasteiger partial charge in [0.05, 0.1) is 11.6 Å². The van der Waals surface area contributed by atoms with Crippen LogP contribution in [0, 0.1) is 5.41 Å². The van der Waals surface area contributed by atoms with Crippen molar-refractivity contribution in [3.05, 3.63) is 47.7 Å². The second-order valence-electron chi connectivity index (χ2n) is 14.3. The molecule has 1 aromatic carbocycles. The molecule has 0 N–H and O–H groups in total. The van der Waals surface area contributed by atoms with E-state index < -0.39 is 0 Å². The molecule has 0 spiro atoms. The van der Waals surface area contributed by atoms with Gasteiger partial charge in [0.25, 0.3) is 0 Å². The molecule has 3 aromatic rings. The highest BCUT2D eigenvalue weighted by molar-refractivity contribution is 8.93. The second-order valence-corrected chi connectivity index (χ2v) is 14.3. The van der Waals surface area contributed by atoms with Crippen molar-refractivity contribution < 1.29 is 0 Å². The van der Waals surface area contributed by atoms with Gasteiger partial charge < -0.3 is 19.3 Å². The summed E-state index contributed by atoms with van der Waals surface area (Å²) in [5.74, 6) is 3.21. The van der Waals surface area contributed by atoms with Crippen molar-refractivity contribution in [1.29, 1.82) is 0 Å². The van der Waals surface area contributed by atoms with Gasteiger partial charge in [0, 0.05) is 93.7 Å². The zero-order valence-corrected chi connectivity index (χ0v) is 32.9. The number of aromatic nitrogens is 3. The number of halogens is 3. The highest BCUT2D eigenvalue weighted by atomic mass is 79.9. The minimum atomic E-state index is 0. The summed E-state index contributed by atoms with van der Waals surface area (Å²) in [4.78, 5) is 23.2. The summed E-state index contributed by atoms with van der Waals surface area (Å²) in [7, 11) is 0. The normalized spacial score (nSPS) is 25.6. The van der Waals surface area contributed by atoms with E-state index in [1.54, 1.807) is 11.3 Å². The molecule has 47 heavy (non-hydrogen) atoms. The maximum atomic E-state index is 5.17. The van der Waals surface area contributed by atoms with Gasteiger partial charge in [-0.15, -0.1) is 50.9 Å². The van der Waals surface area contributed by atoms with Crippen LogP contribution in [0.4, 0.5) is 17.6 Å². The molecule has 8 heterocycles. The molecule has 2 atom stereocenters. The monoisotopic (exact) mass is 832 g/mol. The standard InChI is InChI=1S/C36H48N8.3BrH/c1-2-36-13-9-18-42-19-12-29-28-10-3-4-11-30(28)44(33(29)34(36)42)27(25-36)26-39-20-22-41(23-21-39)32-24-31(40-14-5-6-15-40)37-35(38-32)43-16-7-8-17-43;;;/h3-4,10-11,24-25,34H,2,5-9,12-23,26H2,1H3;3*1H/t34-,36+;;;/m1.../s1. The first-order chi connectivity index (χ1) is 21.7. The van der Waals surface area contributed by atoms with E-state index in [2.05, 4.69) is 72.4 Å². The fraction of sp³-hybridized carbons (Fsp3) is 0.611. The first-order valence-corrected chi connectivity index (χ1v) is 17.7. The number of hydrogen-bond donors (Lipinski definition) is 0. The quantitative estimate of drug-likeness (QED) is 0.262. The third-order valence-electron chi connectivity index (χ3n) is 11.9. The predicted molar refractivity (Wildman–Crippen MR) is 211 cm³/mol. The van der Waals surface area contributed by atoms with Crippen LogP contribution in [-0.2, 0) is 6.42 Å². The number of piperazine rings is 1. The van der Waals surface area contributed by atoms with E-state index in [0.717, 1.165) is 76.5 Å². The molecular formula is C36H51Br3N8. The van der Waals surface area contributed by atoms with Crippen LogP contribution in [0.15, 0.2) is 36.4 Å². The summed E-state index contributed by atoms with van der Waals surface area (Å²) in [5.41, 5.74) is 6.45. The molecule has 8 nitrogen and oxygen atoms in total. The maximum Gasteiger partial charge on any atom is 0.229 e. The van der Waals surface area contributed by atoms with Crippen molar-refractivity contribution in [1.82, 2.24) is 24.3 Å². The highest BCUT2D eigenvalue weighted by Crippen LogP contribution is 2.57. The van der Waals surface area contributed by atoms with Gasteiger partial charge in [-0.05, 0) is 69.5 Å². The first-order valence-electron chi connectivity index (χ1n) is 17.7. The molecule has 256 valence electrons. The molecule has 0 bridgehead atoms. The highest BCUT2D eigenvalue weighted by Gasteiger charge is 2.50. The van der Waals surface area contributed by atoms with Gasteiger partial charge in [0.1, 0.15) is 11.6 Å². The van der Waals surface area contributed by atoms with Crippen molar-refractivity contribution in [2.75, 3.05) is 86.7 Å². The Labute approximate surface area is 311 Å². The third-order valence-corrected chi connectivity index (χ3v) is 11.9. The summed E-state index contributed by atoms with van der Waals surface area (Å²) in [5, 5.41) is 1.49. The van der Waals surface area contributed by atoms with Crippen LogP contribution in [0.5, 0.6) is 0 Å². The molecule has 11 heteroatoms. The fourth-order valence-corrected chi connectivity index (χ4v) is 9.61. The first kappa shape index (κ1) is 35.2. The van der Waals surface area contributed by atoms with Gasteiger partial charge in [0.15, 0.2) is 0 Å². The van der Waals surface area contributed by atoms with E-state index >= 15 is 0 Å². The molecule has 0 amide bonds. The topological polar surface area (TPSA) is 46.9 Å². The van der Waals surface area contributed by atoms with Crippen molar-refractivity contribution >= 4 is 85.1 Å². The van der Waals surface area contributed by atoms with Crippen LogP contribution in [-0.4, -0.2) is 96.3 Å². The maximum absolute atomic E-state index is 5.17. The van der Waals surface area contributed by atoms with Crippen LogP contribution in [0.25, 0.3) is 16.6 Å². The Morgan fingerprint density at radius 3 is 2.11 bits per heavy atom. The van der Waals surface area contributed by atoms with E-state index in [0.29, 0.717) is 6.04 Å². The minimum Gasteiger partial charge on any atom is -0.356 e. The Bertz CT molecular complexity index is 1550. The molecule has 0 unspecified atom stereocenters.